The second kappa shape index (κ2) is 5.92. The van der Waals surface area contributed by atoms with Crippen molar-refractivity contribution in [2.24, 2.45) is 0 Å². The van der Waals surface area contributed by atoms with E-state index in [-0.39, 0.29) is 12.9 Å². The number of aliphatic hydroxyl groups is 2. The van der Waals surface area contributed by atoms with E-state index in [0.29, 0.717) is 5.56 Å². The highest BCUT2D eigenvalue weighted by Gasteiger charge is 2.43. The third kappa shape index (κ3) is 2.98. The SMILES string of the molecule is O=CC(O)[C@H]1OCC(O)[C@@H]1OC(=O)c1ccccc1. The van der Waals surface area contributed by atoms with E-state index < -0.39 is 30.4 Å². The van der Waals surface area contributed by atoms with Gasteiger partial charge in [0.05, 0.1) is 12.2 Å². The van der Waals surface area contributed by atoms with Gasteiger partial charge in [0.2, 0.25) is 0 Å². The molecule has 0 spiro atoms. The molecule has 19 heavy (non-hydrogen) atoms. The first-order valence-corrected chi connectivity index (χ1v) is 5.82. The first kappa shape index (κ1) is 13.7. The average Bonchev–Trinajstić information content (AvgIpc) is 2.80. The Hall–Kier alpha value is -1.76. The molecular weight excluding hydrogens is 252 g/mol. The molecule has 6 heteroatoms. The van der Waals surface area contributed by atoms with Gasteiger partial charge in [-0.1, -0.05) is 18.2 Å². The number of carbonyl (C=O) groups is 2. The summed E-state index contributed by atoms with van der Waals surface area (Å²) in [6.45, 7) is -0.0949. The van der Waals surface area contributed by atoms with Crippen LogP contribution in [0.2, 0.25) is 0 Å². The molecule has 0 amide bonds. The van der Waals surface area contributed by atoms with Crippen LogP contribution in [0, 0.1) is 0 Å². The maximum Gasteiger partial charge on any atom is 0.338 e. The molecule has 0 bridgehead atoms. The topological polar surface area (TPSA) is 93.1 Å². The lowest BCUT2D eigenvalue weighted by Gasteiger charge is -2.22. The minimum atomic E-state index is -1.44. The number of rotatable bonds is 4. The summed E-state index contributed by atoms with van der Waals surface area (Å²) in [5.74, 6) is -0.641. The van der Waals surface area contributed by atoms with Crippen molar-refractivity contribution >= 4 is 12.3 Å². The van der Waals surface area contributed by atoms with Crippen molar-refractivity contribution in [1.82, 2.24) is 0 Å². The van der Waals surface area contributed by atoms with Crippen molar-refractivity contribution in [2.45, 2.75) is 24.4 Å². The van der Waals surface area contributed by atoms with Crippen molar-refractivity contribution < 1.29 is 29.3 Å². The number of benzene rings is 1. The van der Waals surface area contributed by atoms with Crippen LogP contribution in [0.1, 0.15) is 10.4 Å². The van der Waals surface area contributed by atoms with Crippen LogP contribution in [0.4, 0.5) is 0 Å². The van der Waals surface area contributed by atoms with Crippen LogP contribution in [0.5, 0.6) is 0 Å². The molecule has 0 radical (unpaired) electrons. The molecule has 0 aliphatic carbocycles. The van der Waals surface area contributed by atoms with Crippen LogP contribution in [0.15, 0.2) is 30.3 Å². The van der Waals surface area contributed by atoms with Gasteiger partial charge in [-0.2, -0.15) is 0 Å². The standard InChI is InChI=1S/C13H14O6/c14-6-9(15)11-12(10(16)7-18-11)19-13(17)8-4-2-1-3-5-8/h1-6,9-12,15-16H,7H2/t9?,10?,11-,12+/m1/s1. The Labute approximate surface area is 109 Å². The van der Waals surface area contributed by atoms with Crippen LogP contribution in [0.25, 0.3) is 0 Å². The number of esters is 1. The molecule has 1 saturated heterocycles. The van der Waals surface area contributed by atoms with Gasteiger partial charge in [0.25, 0.3) is 0 Å². The van der Waals surface area contributed by atoms with E-state index in [1.165, 1.54) is 0 Å². The first-order valence-electron chi connectivity index (χ1n) is 5.82. The third-order valence-electron chi connectivity index (χ3n) is 2.89. The second-order valence-corrected chi connectivity index (χ2v) is 4.23. The van der Waals surface area contributed by atoms with E-state index in [1.807, 2.05) is 0 Å². The minimum Gasteiger partial charge on any atom is -0.453 e. The smallest absolute Gasteiger partial charge is 0.338 e. The minimum absolute atomic E-state index is 0.0949. The number of aliphatic hydroxyl groups excluding tert-OH is 2. The molecule has 1 aliphatic rings. The van der Waals surface area contributed by atoms with Gasteiger partial charge < -0.3 is 24.5 Å². The Morgan fingerprint density at radius 2 is 2.11 bits per heavy atom. The van der Waals surface area contributed by atoms with E-state index in [4.69, 9.17) is 9.47 Å². The Morgan fingerprint density at radius 3 is 2.74 bits per heavy atom. The summed E-state index contributed by atoms with van der Waals surface area (Å²) in [7, 11) is 0. The highest BCUT2D eigenvalue weighted by molar-refractivity contribution is 5.89. The van der Waals surface area contributed by atoms with Gasteiger partial charge in [-0.15, -0.1) is 0 Å². The lowest BCUT2D eigenvalue weighted by atomic mass is 10.1. The Kier molecular flexibility index (Phi) is 4.26. The van der Waals surface area contributed by atoms with E-state index in [9.17, 15) is 19.8 Å². The molecule has 2 N–H and O–H groups in total. The molecule has 2 unspecified atom stereocenters. The number of aldehydes is 1. The summed E-state index contributed by atoms with van der Waals surface area (Å²) in [5, 5.41) is 19.1. The van der Waals surface area contributed by atoms with Crippen LogP contribution < -0.4 is 0 Å². The summed E-state index contributed by atoms with van der Waals surface area (Å²) >= 11 is 0. The van der Waals surface area contributed by atoms with E-state index in [1.54, 1.807) is 30.3 Å². The first-order chi connectivity index (χ1) is 9.13. The molecule has 1 aromatic carbocycles. The summed E-state index contributed by atoms with van der Waals surface area (Å²) < 4.78 is 10.2. The maximum absolute atomic E-state index is 11.8. The second-order valence-electron chi connectivity index (χ2n) is 4.23. The van der Waals surface area contributed by atoms with Gasteiger partial charge in [-0.05, 0) is 12.1 Å². The van der Waals surface area contributed by atoms with Crippen molar-refractivity contribution in [3.05, 3.63) is 35.9 Å². The Balaban J connectivity index is 2.08. The van der Waals surface area contributed by atoms with E-state index in [0.717, 1.165) is 0 Å². The van der Waals surface area contributed by atoms with Crippen molar-refractivity contribution in [3.63, 3.8) is 0 Å². The lowest BCUT2D eigenvalue weighted by molar-refractivity contribution is -0.125. The monoisotopic (exact) mass is 266 g/mol. The predicted molar refractivity (Wildman–Crippen MR) is 63.5 cm³/mol. The fourth-order valence-corrected chi connectivity index (χ4v) is 1.90. The fourth-order valence-electron chi connectivity index (χ4n) is 1.90. The zero-order valence-corrected chi connectivity index (χ0v) is 10.0. The van der Waals surface area contributed by atoms with Crippen molar-refractivity contribution in [1.29, 1.82) is 0 Å². The van der Waals surface area contributed by atoms with Crippen LogP contribution >= 0.6 is 0 Å². The van der Waals surface area contributed by atoms with Gasteiger partial charge in [0.1, 0.15) is 18.3 Å². The van der Waals surface area contributed by atoms with E-state index in [2.05, 4.69) is 0 Å². The van der Waals surface area contributed by atoms with Gasteiger partial charge in [-0.3, -0.25) is 0 Å². The van der Waals surface area contributed by atoms with Crippen LogP contribution in [-0.4, -0.2) is 53.5 Å². The van der Waals surface area contributed by atoms with Crippen LogP contribution in [-0.2, 0) is 14.3 Å². The van der Waals surface area contributed by atoms with Crippen LogP contribution in [0.3, 0.4) is 0 Å². The number of hydrogen-bond donors (Lipinski definition) is 2. The molecule has 0 saturated carbocycles. The van der Waals surface area contributed by atoms with Crippen molar-refractivity contribution in [3.8, 4) is 0 Å². The normalized spacial score (nSPS) is 27.8. The van der Waals surface area contributed by atoms with Crippen molar-refractivity contribution in [2.75, 3.05) is 6.61 Å². The molecule has 1 fully saturated rings. The molecule has 0 aromatic heterocycles. The summed E-state index contributed by atoms with van der Waals surface area (Å²) in [6, 6.07) is 8.24. The third-order valence-corrected chi connectivity index (χ3v) is 2.89. The zero-order chi connectivity index (χ0) is 13.8. The summed E-state index contributed by atoms with van der Waals surface area (Å²) in [4.78, 5) is 22.4. The Morgan fingerprint density at radius 1 is 1.42 bits per heavy atom. The van der Waals surface area contributed by atoms with E-state index >= 15 is 0 Å². The number of ether oxygens (including phenoxy) is 2. The molecule has 6 nitrogen and oxygen atoms in total. The molecule has 2 rings (SSSR count). The lowest BCUT2D eigenvalue weighted by Crippen LogP contribution is -2.42. The number of carbonyl (C=O) groups excluding carboxylic acids is 2. The summed E-state index contributed by atoms with van der Waals surface area (Å²) in [5.41, 5.74) is 0.320. The van der Waals surface area contributed by atoms with Gasteiger partial charge in [0.15, 0.2) is 12.4 Å². The highest BCUT2D eigenvalue weighted by atomic mass is 16.6. The van der Waals surface area contributed by atoms with Gasteiger partial charge in [-0.25, -0.2) is 4.79 Å². The number of hydrogen-bond acceptors (Lipinski definition) is 6. The molecule has 102 valence electrons. The highest BCUT2D eigenvalue weighted by Crippen LogP contribution is 2.21. The average molecular weight is 266 g/mol. The zero-order valence-electron chi connectivity index (χ0n) is 10.0. The molecule has 1 heterocycles. The summed E-state index contributed by atoms with van der Waals surface area (Å²) in [6.07, 6.45) is -4.32. The quantitative estimate of drug-likeness (QED) is 0.565. The molecule has 4 atom stereocenters. The molecule has 1 aromatic rings. The maximum atomic E-state index is 11.8. The largest absolute Gasteiger partial charge is 0.453 e. The Bertz CT molecular complexity index is 446. The molecule has 1 aliphatic heterocycles. The molecular formula is C13H14O6. The fraction of sp³-hybridized carbons (Fsp3) is 0.385. The predicted octanol–water partition coefficient (Wildman–Crippen LogP) is -0.469. The van der Waals surface area contributed by atoms with Gasteiger partial charge in [0, 0.05) is 0 Å². The van der Waals surface area contributed by atoms with Gasteiger partial charge >= 0.3 is 5.97 Å².